The average Bonchev–Trinajstić information content (AvgIpc) is 2.97. The fourth-order valence-electron chi connectivity index (χ4n) is 1.78. The average molecular weight is 311 g/mol. The fourth-order valence-corrected chi connectivity index (χ4v) is 3.54. The van der Waals surface area contributed by atoms with Gasteiger partial charge in [-0.05, 0) is 36.9 Å². The minimum Gasteiger partial charge on any atom is -0.360 e. The number of thiazole rings is 1. The Morgan fingerprint density at radius 3 is 2.95 bits per heavy atom. The first-order chi connectivity index (χ1) is 9.13. The highest BCUT2D eigenvalue weighted by Gasteiger charge is 2.13. The number of aromatic nitrogens is 3. The van der Waals surface area contributed by atoms with Gasteiger partial charge in [-0.15, -0.1) is 22.7 Å². The van der Waals surface area contributed by atoms with Gasteiger partial charge in [0.1, 0.15) is 15.7 Å². The molecule has 1 atom stereocenters. The Labute approximate surface area is 123 Å². The Morgan fingerprint density at radius 1 is 1.37 bits per heavy atom. The number of halogens is 1. The van der Waals surface area contributed by atoms with Crippen LogP contribution in [0.25, 0.3) is 10.2 Å². The minimum absolute atomic E-state index is 0.0905. The number of thiophene rings is 1. The van der Waals surface area contributed by atoms with Crippen LogP contribution in [0, 0.1) is 6.92 Å². The van der Waals surface area contributed by atoms with Gasteiger partial charge in [0.25, 0.3) is 0 Å². The molecule has 3 heterocycles. The van der Waals surface area contributed by atoms with E-state index in [1.54, 1.807) is 22.7 Å². The molecule has 0 amide bonds. The van der Waals surface area contributed by atoms with E-state index in [1.165, 1.54) is 4.88 Å². The number of nitrogens with one attached hydrogen (secondary N) is 1. The molecule has 3 aromatic rings. The summed E-state index contributed by atoms with van der Waals surface area (Å²) in [6, 6.07) is 2.09. The highest BCUT2D eigenvalue weighted by molar-refractivity contribution is 7.16. The van der Waals surface area contributed by atoms with Crippen molar-refractivity contribution in [3.8, 4) is 0 Å². The van der Waals surface area contributed by atoms with Crippen molar-refractivity contribution in [2.45, 2.75) is 19.9 Å². The highest BCUT2D eigenvalue weighted by atomic mass is 35.5. The van der Waals surface area contributed by atoms with Crippen LogP contribution in [-0.4, -0.2) is 15.0 Å². The second kappa shape index (κ2) is 5.03. The second-order valence-corrected chi connectivity index (χ2v) is 6.65. The van der Waals surface area contributed by atoms with E-state index >= 15 is 0 Å². The lowest BCUT2D eigenvalue weighted by Crippen LogP contribution is -2.08. The number of hydrogen-bond donors (Lipinski definition) is 1. The summed E-state index contributed by atoms with van der Waals surface area (Å²) in [4.78, 5) is 14.9. The van der Waals surface area contributed by atoms with Crippen LogP contribution in [0.3, 0.4) is 0 Å². The standard InChI is InChI=1S/C12H11ClN4S2/c1-6-5-14-10(19-6)7(2)15-9-8-3-4-18-11(8)17-12(13)16-9/h3-5,7H,1-2H3,(H,15,16,17). The first kappa shape index (κ1) is 12.8. The van der Waals surface area contributed by atoms with E-state index in [9.17, 15) is 0 Å². The van der Waals surface area contributed by atoms with E-state index in [0.29, 0.717) is 0 Å². The normalized spacial score (nSPS) is 12.8. The number of anilines is 1. The van der Waals surface area contributed by atoms with Crippen LogP contribution in [0.15, 0.2) is 17.6 Å². The molecule has 3 rings (SSSR count). The maximum absolute atomic E-state index is 5.95. The molecule has 0 aliphatic rings. The first-order valence-electron chi connectivity index (χ1n) is 5.73. The summed E-state index contributed by atoms with van der Waals surface area (Å²) in [5.41, 5.74) is 0. The Morgan fingerprint density at radius 2 is 2.21 bits per heavy atom. The van der Waals surface area contributed by atoms with Crippen molar-refractivity contribution in [3.63, 3.8) is 0 Å². The predicted molar refractivity (Wildman–Crippen MR) is 81.3 cm³/mol. The Balaban J connectivity index is 1.94. The molecule has 7 heteroatoms. The molecule has 0 aliphatic heterocycles. The Kier molecular flexibility index (Phi) is 3.38. The van der Waals surface area contributed by atoms with Crippen LogP contribution in [0.5, 0.6) is 0 Å². The molecule has 98 valence electrons. The lowest BCUT2D eigenvalue weighted by molar-refractivity contribution is 0.862. The zero-order valence-electron chi connectivity index (χ0n) is 10.3. The van der Waals surface area contributed by atoms with Gasteiger partial charge in [0.15, 0.2) is 0 Å². The van der Waals surface area contributed by atoms with Gasteiger partial charge in [-0.25, -0.2) is 15.0 Å². The van der Waals surface area contributed by atoms with Crippen LogP contribution in [0.4, 0.5) is 5.82 Å². The summed E-state index contributed by atoms with van der Waals surface area (Å²) in [5.74, 6) is 0.761. The summed E-state index contributed by atoms with van der Waals surface area (Å²) < 4.78 is 0. The van der Waals surface area contributed by atoms with Crippen molar-refractivity contribution >= 4 is 50.3 Å². The molecule has 19 heavy (non-hydrogen) atoms. The van der Waals surface area contributed by atoms with E-state index in [2.05, 4.69) is 27.2 Å². The molecule has 0 radical (unpaired) electrons. The van der Waals surface area contributed by atoms with Crippen LogP contribution < -0.4 is 5.32 Å². The molecule has 0 spiro atoms. The first-order valence-corrected chi connectivity index (χ1v) is 7.80. The summed E-state index contributed by atoms with van der Waals surface area (Å²) in [6.45, 7) is 4.11. The van der Waals surface area contributed by atoms with E-state index in [4.69, 9.17) is 11.6 Å². The van der Waals surface area contributed by atoms with Gasteiger partial charge in [-0.3, -0.25) is 0 Å². The van der Waals surface area contributed by atoms with Crippen LogP contribution in [0.1, 0.15) is 22.9 Å². The van der Waals surface area contributed by atoms with Crippen molar-refractivity contribution < 1.29 is 0 Å². The fraction of sp³-hybridized carbons (Fsp3) is 0.250. The van der Waals surface area contributed by atoms with E-state index < -0.39 is 0 Å². The van der Waals surface area contributed by atoms with Crippen molar-refractivity contribution in [1.82, 2.24) is 15.0 Å². The molecule has 0 aromatic carbocycles. The molecule has 4 nitrogen and oxygen atoms in total. The predicted octanol–water partition coefficient (Wildman–Crippen LogP) is 4.28. The summed E-state index contributed by atoms with van der Waals surface area (Å²) >= 11 is 9.18. The molecule has 1 unspecified atom stereocenters. The van der Waals surface area contributed by atoms with Gasteiger partial charge in [-0.2, -0.15) is 0 Å². The second-order valence-electron chi connectivity index (χ2n) is 4.16. The van der Waals surface area contributed by atoms with Crippen LogP contribution in [-0.2, 0) is 0 Å². The molecule has 3 aromatic heterocycles. The number of nitrogens with zero attached hydrogens (tertiary/aromatic N) is 3. The smallest absolute Gasteiger partial charge is 0.225 e. The van der Waals surface area contributed by atoms with Crippen molar-refractivity contribution in [2.75, 3.05) is 5.32 Å². The maximum Gasteiger partial charge on any atom is 0.225 e. The quantitative estimate of drug-likeness (QED) is 0.733. The molecule has 0 saturated carbocycles. The number of hydrogen-bond acceptors (Lipinski definition) is 6. The van der Waals surface area contributed by atoms with Crippen molar-refractivity contribution in [2.24, 2.45) is 0 Å². The lowest BCUT2D eigenvalue weighted by Gasteiger charge is -2.12. The molecule has 0 saturated heterocycles. The molecular weight excluding hydrogens is 300 g/mol. The highest BCUT2D eigenvalue weighted by Crippen LogP contribution is 2.29. The van der Waals surface area contributed by atoms with Gasteiger partial charge >= 0.3 is 0 Å². The third-order valence-electron chi connectivity index (χ3n) is 2.66. The van der Waals surface area contributed by atoms with E-state index in [1.807, 2.05) is 24.6 Å². The zero-order chi connectivity index (χ0) is 13.4. The maximum atomic E-state index is 5.95. The van der Waals surface area contributed by atoms with E-state index in [-0.39, 0.29) is 11.3 Å². The lowest BCUT2D eigenvalue weighted by atomic mass is 10.3. The monoisotopic (exact) mass is 310 g/mol. The largest absolute Gasteiger partial charge is 0.360 e. The minimum atomic E-state index is 0.0905. The number of aryl methyl sites for hydroxylation is 1. The van der Waals surface area contributed by atoms with Crippen LogP contribution >= 0.6 is 34.3 Å². The molecule has 1 N–H and O–H groups in total. The van der Waals surface area contributed by atoms with Gasteiger partial charge < -0.3 is 5.32 Å². The Hall–Kier alpha value is -1.24. The molecule has 0 fully saturated rings. The van der Waals surface area contributed by atoms with Gasteiger partial charge in [0, 0.05) is 11.1 Å². The summed E-state index contributed by atoms with van der Waals surface area (Å²) in [7, 11) is 0. The molecule has 0 aliphatic carbocycles. The van der Waals surface area contributed by atoms with Crippen molar-refractivity contribution in [1.29, 1.82) is 0 Å². The topological polar surface area (TPSA) is 50.7 Å². The van der Waals surface area contributed by atoms with Crippen molar-refractivity contribution in [3.05, 3.63) is 32.8 Å². The van der Waals surface area contributed by atoms with Gasteiger partial charge in [0.05, 0.1) is 11.4 Å². The molecule has 0 bridgehead atoms. The Bertz CT molecular complexity index is 721. The van der Waals surface area contributed by atoms with Crippen LogP contribution in [0.2, 0.25) is 5.28 Å². The zero-order valence-corrected chi connectivity index (χ0v) is 12.7. The third kappa shape index (κ3) is 2.56. The van der Waals surface area contributed by atoms with Gasteiger partial charge in [0.2, 0.25) is 5.28 Å². The number of fused-ring (bicyclic) bond motifs is 1. The SMILES string of the molecule is Cc1cnc(C(C)Nc2nc(Cl)nc3sccc23)s1. The third-order valence-corrected chi connectivity index (χ3v) is 4.73. The van der Waals surface area contributed by atoms with E-state index in [0.717, 1.165) is 21.0 Å². The summed E-state index contributed by atoms with van der Waals surface area (Å²) in [5, 5.41) is 7.64. The van der Waals surface area contributed by atoms with Gasteiger partial charge in [-0.1, -0.05) is 0 Å². The number of rotatable bonds is 3. The summed E-state index contributed by atoms with van der Waals surface area (Å²) in [6.07, 6.45) is 1.88. The molecular formula is C12H11ClN4S2.